The van der Waals surface area contributed by atoms with E-state index in [2.05, 4.69) is 20.5 Å². The molecule has 0 radical (unpaired) electrons. The third-order valence-corrected chi connectivity index (χ3v) is 4.87. The number of hydrogen-bond donors (Lipinski definition) is 2. The maximum Gasteiger partial charge on any atom is 0.191 e. The topological polar surface area (TPSA) is 39.7 Å². The monoisotopic (exact) mass is 392 g/mol. The first-order valence-electron chi connectivity index (χ1n) is 8.21. The van der Waals surface area contributed by atoms with Gasteiger partial charge in [0.25, 0.3) is 0 Å². The zero-order valence-electron chi connectivity index (χ0n) is 12.4. The van der Waals surface area contributed by atoms with Crippen LogP contribution in [-0.2, 0) is 0 Å². The number of guanidine groups is 1. The van der Waals surface area contributed by atoms with Gasteiger partial charge in [-0.05, 0) is 38.6 Å². The maximum absolute atomic E-state index is 4.50. The van der Waals surface area contributed by atoms with Gasteiger partial charge in [-0.2, -0.15) is 0 Å². The molecule has 0 aromatic rings. The average molecular weight is 392 g/mol. The molecule has 0 aromatic carbocycles. The highest BCUT2D eigenvalue weighted by Gasteiger charge is 2.31. The van der Waals surface area contributed by atoms with E-state index < -0.39 is 0 Å². The second-order valence-corrected chi connectivity index (χ2v) is 6.22. The van der Waals surface area contributed by atoms with Crippen molar-refractivity contribution in [3.05, 3.63) is 0 Å². The van der Waals surface area contributed by atoms with Crippen molar-refractivity contribution in [1.82, 2.24) is 15.5 Å². The zero-order chi connectivity index (χ0) is 12.9. The van der Waals surface area contributed by atoms with Crippen LogP contribution in [0, 0.1) is 0 Å². The molecule has 0 aromatic heterocycles. The van der Waals surface area contributed by atoms with E-state index in [-0.39, 0.29) is 24.0 Å². The minimum atomic E-state index is 0. The molecular weight excluding hydrogens is 363 g/mol. The van der Waals surface area contributed by atoms with E-state index in [1.165, 1.54) is 57.9 Å². The molecule has 1 atom stereocenters. The zero-order valence-corrected chi connectivity index (χ0v) is 14.8. The quantitative estimate of drug-likeness (QED) is 0.725. The van der Waals surface area contributed by atoms with Gasteiger partial charge >= 0.3 is 0 Å². The van der Waals surface area contributed by atoms with E-state index in [1.807, 2.05) is 0 Å². The summed E-state index contributed by atoms with van der Waals surface area (Å²) in [5.74, 6) is 1.03. The molecule has 1 saturated heterocycles. The Morgan fingerprint density at radius 2 is 1.95 bits per heavy atom. The summed E-state index contributed by atoms with van der Waals surface area (Å²) in [6, 6.07) is 1.60. The standard InChI is InChI=1S/C15H28N4.HI/c1-2-6-13(7-3-1)19-11-4-8-14(19)12-18-15-16-9-5-10-17-15;/h13-14H,1-12H2,(H2,16,17,18);1H. The van der Waals surface area contributed by atoms with Crippen LogP contribution in [0.1, 0.15) is 51.4 Å². The lowest BCUT2D eigenvalue weighted by molar-refractivity contribution is 0.143. The van der Waals surface area contributed by atoms with E-state index in [0.717, 1.165) is 37.7 Å². The Hall–Kier alpha value is -0.0400. The molecule has 116 valence electrons. The lowest BCUT2D eigenvalue weighted by Crippen LogP contribution is -2.49. The average Bonchev–Trinajstić information content (AvgIpc) is 2.95. The fourth-order valence-electron chi connectivity index (χ4n) is 3.84. The summed E-state index contributed by atoms with van der Waals surface area (Å²) in [7, 11) is 0. The van der Waals surface area contributed by atoms with Gasteiger partial charge in [-0.3, -0.25) is 9.89 Å². The molecule has 2 aliphatic heterocycles. The van der Waals surface area contributed by atoms with Crippen molar-refractivity contribution in [3.63, 3.8) is 0 Å². The summed E-state index contributed by atoms with van der Waals surface area (Å²) < 4.78 is 0. The second kappa shape index (κ2) is 8.41. The van der Waals surface area contributed by atoms with Gasteiger partial charge in [0.05, 0.1) is 0 Å². The summed E-state index contributed by atoms with van der Waals surface area (Å²) in [6.07, 6.45) is 11.1. The molecule has 0 bridgehead atoms. The van der Waals surface area contributed by atoms with Crippen LogP contribution in [0.15, 0.2) is 4.99 Å². The van der Waals surface area contributed by atoms with Crippen LogP contribution in [0.25, 0.3) is 0 Å². The fourth-order valence-corrected chi connectivity index (χ4v) is 3.84. The number of hydrogen-bond acceptors (Lipinski definition) is 4. The third kappa shape index (κ3) is 4.23. The fraction of sp³-hybridized carbons (Fsp3) is 0.933. The molecule has 2 heterocycles. The van der Waals surface area contributed by atoms with Gasteiger partial charge in [0.2, 0.25) is 0 Å². The summed E-state index contributed by atoms with van der Waals surface area (Å²) >= 11 is 0. The van der Waals surface area contributed by atoms with Crippen molar-refractivity contribution in [2.24, 2.45) is 4.99 Å². The smallest absolute Gasteiger partial charge is 0.191 e. The van der Waals surface area contributed by atoms with Crippen molar-refractivity contribution in [3.8, 4) is 0 Å². The molecule has 1 aliphatic carbocycles. The number of nitrogens with one attached hydrogen (secondary N) is 2. The molecule has 1 unspecified atom stereocenters. The van der Waals surface area contributed by atoms with Crippen molar-refractivity contribution < 1.29 is 0 Å². The number of rotatable bonds is 3. The number of nitrogens with zero attached hydrogens (tertiary/aromatic N) is 2. The van der Waals surface area contributed by atoms with Crippen molar-refractivity contribution >= 4 is 29.9 Å². The lowest BCUT2D eigenvalue weighted by Gasteiger charge is -2.36. The van der Waals surface area contributed by atoms with Gasteiger partial charge in [-0.1, -0.05) is 19.3 Å². The van der Waals surface area contributed by atoms with E-state index in [9.17, 15) is 0 Å². The van der Waals surface area contributed by atoms with Gasteiger partial charge in [0, 0.05) is 31.7 Å². The molecule has 2 fully saturated rings. The van der Waals surface area contributed by atoms with Crippen LogP contribution in [-0.4, -0.2) is 49.1 Å². The maximum atomic E-state index is 4.50. The Kier molecular flexibility index (Phi) is 6.87. The molecule has 20 heavy (non-hydrogen) atoms. The van der Waals surface area contributed by atoms with E-state index in [4.69, 9.17) is 0 Å². The van der Waals surface area contributed by atoms with E-state index in [1.54, 1.807) is 0 Å². The number of aliphatic imine (C=N–C) groups is 1. The van der Waals surface area contributed by atoms with Gasteiger partial charge in [0.15, 0.2) is 5.96 Å². The Morgan fingerprint density at radius 3 is 2.70 bits per heavy atom. The molecule has 0 spiro atoms. The predicted octanol–water partition coefficient (Wildman–Crippen LogP) is 2.34. The van der Waals surface area contributed by atoms with Crippen molar-refractivity contribution in [2.75, 3.05) is 26.2 Å². The molecule has 1 saturated carbocycles. The first-order valence-corrected chi connectivity index (χ1v) is 8.21. The highest BCUT2D eigenvalue weighted by molar-refractivity contribution is 14.0. The Balaban J connectivity index is 0.00000147. The molecule has 2 N–H and O–H groups in total. The van der Waals surface area contributed by atoms with Crippen LogP contribution < -0.4 is 10.6 Å². The van der Waals surface area contributed by atoms with Gasteiger partial charge in [0.1, 0.15) is 0 Å². The summed E-state index contributed by atoms with van der Waals surface area (Å²) in [4.78, 5) is 7.29. The van der Waals surface area contributed by atoms with Gasteiger partial charge < -0.3 is 10.6 Å². The molecule has 0 amide bonds. The van der Waals surface area contributed by atoms with Crippen molar-refractivity contribution in [2.45, 2.75) is 63.5 Å². The first-order chi connectivity index (χ1) is 9.43. The Morgan fingerprint density at radius 1 is 1.10 bits per heavy atom. The minimum absolute atomic E-state index is 0. The normalized spacial score (nSPS) is 28.4. The van der Waals surface area contributed by atoms with Crippen LogP contribution in [0.5, 0.6) is 0 Å². The lowest BCUT2D eigenvalue weighted by atomic mass is 9.94. The Bertz CT molecular complexity index is 315. The summed E-state index contributed by atoms with van der Waals surface area (Å²) in [6.45, 7) is 4.44. The van der Waals surface area contributed by atoms with E-state index >= 15 is 0 Å². The highest BCUT2D eigenvalue weighted by atomic mass is 127. The molecule has 5 heteroatoms. The van der Waals surface area contributed by atoms with Gasteiger partial charge in [-0.15, -0.1) is 24.0 Å². The van der Waals surface area contributed by atoms with Gasteiger partial charge in [-0.25, -0.2) is 0 Å². The first kappa shape index (κ1) is 16.3. The number of halogens is 1. The van der Waals surface area contributed by atoms with Crippen LogP contribution in [0.3, 0.4) is 0 Å². The Labute approximate surface area is 140 Å². The SMILES string of the molecule is C1CCC(N2CCCC2CNC2=NCCCN2)CC1.I. The second-order valence-electron chi connectivity index (χ2n) is 6.22. The van der Waals surface area contributed by atoms with Crippen molar-refractivity contribution in [1.29, 1.82) is 0 Å². The molecule has 4 nitrogen and oxygen atoms in total. The predicted molar refractivity (Wildman–Crippen MR) is 94.9 cm³/mol. The van der Waals surface area contributed by atoms with Crippen LogP contribution in [0.2, 0.25) is 0 Å². The van der Waals surface area contributed by atoms with Crippen LogP contribution >= 0.6 is 24.0 Å². The molecule has 3 aliphatic rings. The minimum Gasteiger partial charge on any atom is -0.356 e. The third-order valence-electron chi connectivity index (χ3n) is 4.87. The molecule has 3 rings (SSSR count). The van der Waals surface area contributed by atoms with Crippen LogP contribution in [0.4, 0.5) is 0 Å². The number of likely N-dealkylation sites (tertiary alicyclic amines) is 1. The van der Waals surface area contributed by atoms with E-state index in [0.29, 0.717) is 0 Å². The largest absolute Gasteiger partial charge is 0.356 e. The highest BCUT2D eigenvalue weighted by Crippen LogP contribution is 2.28. The summed E-state index contributed by atoms with van der Waals surface area (Å²) in [5, 5.41) is 6.89. The summed E-state index contributed by atoms with van der Waals surface area (Å²) in [5.41, 5.74) is 0. The molecular formula is C15H29IN4.